The highest BCUT2D eigenvalue weighted by atomic mass is 19.1. The molecule has 1 N–H and O–H groups in total. The van der Waals surface area contributed by atoms with Gasteiger partial charge in [0.25, 0.3) is 5.56 Å². The standard InChI is InChI=1S/C21H14F2N2O2/c1-12-4-2-3-5-14(12)20-21-16(8-9-24-20)17(11-19(26)25(21)27)15-7-6-13(22)10-18(15)23/h2-11,27H,1H3. The fourth-order valence-corrected chi connectivity index (χ4v) is 3.22. The van der Waals surface area contributed by atoms with Gasteiger partial charge in [-0.25, -0.2) is 8.78 Å². The normalized spacial score (nSPS) is 11.1. The number of hydrogen-bond donors (Lipinski definition) is 1. The van der Waals surface area contributed by atoms with Crippen LogP contribution < -0.4 is 5.56 Å². The molecule has 2 aromatic heterocycles. The number of pyridine rings is 2. The molecule has 0 radical (unpaired) electrons. The maximum Gasteiger partial charge on any atom is 0.284 e. The summed E-state index contributed by atoms with van der Waals surface area (Å²) in [6.45, 7) is 1.89. The first-order chi connectivity index (χ1) is 13.0. The van der Waals surface area contributed by atoms with E-state index in [2.05, 4.69) is 4.98 Å². The quantitative estimate of drug-likeness (QED) is 0.531. The van der Waals surface area contributed by atoms with E-state index in [-0.39, 0.29) is 16.6 Å². The molecule has 0 saturated carbocycles. The Hall–Kier alpha value is -3.54. The number of rotatable bonds is 2. The Morgan fingerprint density at radius 2 is 1.74 bits per heavy atom. The third-order valence-corrected chi connectivity index (χ3v) is 4.52. The largest absolute Gasteiger partial charge is 0.425 e. The minimum atomic E-state index is -0.791. The predicted molar refractivity (Wildman–Crippen MR) is 98.7 cm³/mol. The summed E-state index contributed by atoms with van der Waals surface area (Å²) >= 11 is 0. The predicted octanol–water partition coefficient (Wildman–Crippen LogP) is 4.55. The molecule has 0 aliphatic rings. The first-order valence-electron chi connectivity index (χ1n) is 8.23. The molecule has 4 nitrogen and oxygen atoms in total. The van der Waals surface area contributed by atoms with Crippen molar-refractivity contribution in [3.63, 3.8) is 0 Å². The number of aryl methyl sites for hydroxylation is 1. The van der Waals surface area contributed by atoms with E-state index in [1.807, 2.05) is 31.2 Å². The van der Waals surface area contributed by atoms with Crippen molar-refractivity contribution in [2.24, 2.45) is 0 Å². The minimum absolute atomic E-state index is 0.0704. The van der Waals surface area contributed by atoms with E-state index in [1.54, 1.807) is 6.07 Å². The maximum atomic E-state index is 14.4. The summed E-state index contributed by atoms with van der Waals surface area (Å²) in [5.74, 6) is -1.50. The zero-order valence-electron chi connectivity index (χ0n) is 14.3. The summed E-state index contributed by atoms with van der Waals surface area (Å²) in [6, 6.07) is 13.3. The number of benzene rings is 2. The van der Waals surface area contributed by atoms with Gasteiger partial charge >= 0.3 is 0 Å². The van der Waals surface area contributed by atoms with E-state index in [9.17, 15) is 18.8 Å². The molecule has 134 valence electrons. The van der Waals surface area contributed by atoms with Crippen LogP contribution in [0.2, 0.25) is 0 Å². The zero-order valence-corrected chi connectivity index (χ0v) is 14.3. The van der Waals surface area contributed by atoms with Gasteiger partial charge in [0.15, 0.2) is 0 Å². The van der Waals surface area contributed by atoms with E-state index in [4.69, 9.17) is 0 Å². The summed E-state index contributed by atoms with van der Waals surface area (Å²) in [7, 11) is 0. The molecule has 6 heteroatoms. The molecule has 27 heavy (non-hydrogen) atoms. The lowest BCUT2D eigenvalue weighted by Crippen LogP contribution is -2.18. The second-order valence-corrected chi connectivity index (χ2v) is 6.20. The molecule has 0 amide bonds. The zero-order chi connectivity index (χ0) is 19.1. The van der Waals surface area contributed by atoms with Crippen LogP contribution in [-0.4, -0.2) is 14.9 Å². The monoisotopic (exact) mass is 364 g/mol. The molecule has 4 rings (SSSR count). The molecule has 0 fully saturated rings. The Kier molecular flexibility index (Phi) is 3.96. The fraction of sp³-hybridized carbons (Fsp3) is 0.0476. The second kappa shape index (κ2) is 6.32. The molecule has 0 atom stereocenters. The van der Waals surface area contributed by atoms with Gasteiger partial charge in [-0.2, -0.15) is 0 Å². The van der Waals surface area contributed by atoms with Gasteiger partial charge in [0, 0.05) is 34.8 Å². The Morgan fingerprint density at radius 1 is 0.963 bits per heavy atom. The average Bonchev–Trinajstić information content (AvgIpc) is 2.65. The average molecular weight is 364 g/mol. The molecule has 0 aliphatic carbocycles. The van der Waals surface area contributed by atoms with E-state index >= 15 is 0 Å². The van der Waals surface area contributed by atoms with Crippen molar-refractivity contribution in [2.75, 3.05) is 0 Å². The number of fused-ring (bicyclic) bond motifs is 1. The van der Waals surface area contributed by atoms with Gasteiger partial charge in [0.2, 0.25) is 0 Å². The lowest BCUT2D eigenvalue weighted by atomic mass is 9.98. The van der Waals surface area contributed by atoms with E-state index in [0.717, 1.165) is 29.3 Å². The summed E-state index contributed by atoms with van der Waals surface area (Å²) in [6.07, 6.45) is 1.53. The van der Waals surface area contributed by atoms with Gasteiger partial charge in [-0.05, 0) is 36.2 Å². The number of aromatic nitrogens is 2. The van der Waals surface area contributed by atoms with Crippen molar-refractivity contribution in [3.8, 4) is 22.4 Å². The molecule has 0 unspecified atom stereocenters. The lowest BCUT2D eigenvalue weighted by molar-refractivity contribution is 0.189. The van der Waals surface area contributed by atoms with E-state index < -0.39 is 17.2 Å². The summed E-state index contributed by atoms with van der Waals surface area (Å²) in [4.78, 5) is 16.7. The molecule has 0 bridgehead atoms. The van der Waals surface area contributed by atoms with Crippen molar-refractivity contribution < 1.29 is 14.0 Å². The van der Waals surface area contributed by atoms with Crippen LogP contribution in [0.3, 0.4) is 0 Å². The van der Waals surface area contributed by atoms with Crippen LogP contribution in [0.4, 0.5) is 8.78 Å². The third kappa shape index (κ3) is 2.75. The molecule has 2 aromatic carbocycles. The van der Waals surface area contributed by atoms with Gasteiger partial charge < -0.3 is 5.21 Å². The Labute approximate surface area is 152 Å². The number of nitrogens with zero attached hydrogens (tertiary/aromatic N) is 2. The van der Waals surface area contributed by atoms with Crippen LogP contribution in [0.25, 0.3) is 33.3 Å². The summed E-state index contributed by atoms with van der Waals surface area (Å²) in [5.41, 5.74) is 1.80. The van der Waals surface area contributed by atoms with E-state index in [1.165, 1.54) is 12.3 Å². The third-order valence-electron chi connectivity index (χ3n) is 4.52. The second-order valence-electron chi connectivity index (χ2n) is 6.20. The number of hydrogen-bond acceptors (Lipinski definition) is 3. The van der Waals surface area contributed by atoms with Crippen LogP contribution >= 0.6 is 0 Å². The smallest absolute Gasteiger partial charge is 0.284 e. The van der Waals surface area contributed by atoms with Crippen LogP contribution in [-0.2, 0) is 0 Å². The van der Waals surface area contributed by atoms with Gasteiger partial charge in [-0.3, -0.25) is 9.78 Å². The Balaban J connectivity index is 2.13. The molecule has 4 aromatic rings. The summed E-state index contributed by atoms with van der Waals surface area (Å²) < 4.78 is 28.2. The molecule has 2 heterocycles. The summed E-state index contributed by atoms with van der Waals surface area (Å²) in [5, 5.41) is 10.8. The fourth-order valence-electron chi connectivity index (χ4n) is 3.22. The van der Waals surface area contributed by atoms with Crippen LogP contribution in [0.5, 0.6) is 0 Å². The molecular formula is C21H14F2N2O2. The van der Waals surface area contributed by atoms with Gasteiger partial charge in [-0.1, -0.05) is 24.3 Å². The highest BCUT2D eigenvalue weighted by Crippen LogP contribution is 2.34. The SMILES string of the molecule is Cc1ccccc1-c1nccc2c(-c3ccc(F)cc3F)cc(=O)n(O)c12. The van der Waals surface area contributed by atoms with Gasteiger partial charge in [-0.15, -0.1) is 4.73 Å². The minimum Gasteiger partial charge on any atom is -0.425 e. The van der Waals surface area contributed by atoms with Crippen molar-refractivity contribution in [1.29, 1.82) is 0 Å². The Bertz CT molecular complexity index is 1250. The van der Waals surface area contributed by atoms with Crippen LogP contribution in [0, 0.1) is 18.6 Å². The molecule has 0 aliphatic heterocycles. The van der Waals surface area contributed by atoms with Crippen molar-refractivity contribution in [1.82, 2.24) is 9.71 Å². The van der Waals surface area contributed by atoms with Crippen molar-refractivity contribution in [2.45, 2.75) is 6.92 Å². The van der Waals surface area contributed by atoms with Crippen LogP contribution in [0.1, 0.15) is 5.56 Å². The van der Waals surface area contributed by atoms with E-state index in [0.29, 0.717) is 15.8 Å². The topological polar surface area (TPSA) is 55.1 Å². The van der Waals surface area contributed by atoms with Crippen molar-refractivity contribution >= 4 is 10.9 Å². The lowest BCUT2D eigenvalue weighted by Gasteiger charge is -2.14. The number of halogens is 2. The van der Waals surface area contributed by atoms with Gasteiger partial charge in [0.05, 0.1) is 5.69 Å². The highest BCUT2D eigenvalue weighted by Gasteiger charge is 2.18. The molecule has 0 saturated heterocycles. The Morgan fingerprint density at radius 3 is 2.48 bits per heavy atom. The molecule has 0 spiro atoms. The van der Waals surface area contributed by atoms with Crippen molar-refractivity contribution in [3.05, 3.63) is 88.3 Å². The molecular weight excluding hydrogens is 350 g/mol. The van der Waals surface area contributed by atoms with Crippen LogP contribution in [0.15, 0.2) is 65.6 Å². The maximum absolute atomic E-state index is 14.4. The first-order valence-corrected chi connectivity index (χ1v) is 8.23. The van der Waals surface area contributed by atoms with Gasteiger partial charge in [0.1, 0.15) is 17.2 Å². The first kappa shape index (κ1) is 16.9. The highest BCUT2D eigenvalue weighted by molar-refractivity contribution is 6.01.